The van der Waals surface area contributed by atoms with Crippen molar-refractivity contribution in [3.63, 3.8) is 0 Å². The molecule has 1 atom stereocenters. The van der Waals surface area contributed by atoms with Crippen LogP contribution in [0.4, 0.5) is 5.69 Å². The molecule has 0 fully saturated rings. The Balaban J connectivity index is 1.83. The van der Waals surface area contributed by atoms with Crippen molar-refractivity contribution in [3.05, 3.63) is 96.1 Å². The monoisotopic (exact) mass is 441 g/mol. The molecular formula is C27H27N3O3. The summed E-state index contributed by atoms with van der Waals surface area (Å²) in [6.45, 7) is 2.72. The van der Waals surface area contributed by atoms with Gasteiger partial charge in [0, 0.05) is 17.8 Å². The van der Waals surface area contributed by atoms with Crippen molar-refractivity contribution in [3.8, 4) is 11.8 Å². The minimum absolute atomic E-state index is 0.0568. The number of benzene rings is 3. The number of amides is 2. The van der Waals surface area contributed by atoms with E-state index in [-0.39, 0.29) is 31.2 Å². The van der Waals surface area contributed by atoms with E-state index in [1.807, 2.05) is 43.3 Å². The summed E-state index contributed by atoms with van der Waals surface area (Å²) < 4.78 is 5.49. The van der Waals surface area contributed by atoms with Crippen LogP contribution in [0, 0.1) is 11.3 Å². The minimum atomic E-state index is -0.515. The van der Waals surface area contributed by atoms with Gasteiger partial charge in [-0.05, 0) is 48.9 Å². The summed E-state index contributed by atoms with van der Waals surface area (Å²) in [7, 11) is 0. The lowest BCUT2D eigenvalue weighted by Crippen LogP contribution is -2.37. The number of nitriles is 1. The minimum Gasteiger partial charge on any atom is -0.494 e. The zero-order valence-corrected chi connectivity index (χ0v) is 18.6. The first-order chi connectivity index (χ1) is 16.1. The Hall–Kier alpha value is -4.11. The number of carbonyl (C=O) groups is 2. The Morgan fingerprint density at radius 1 is 0.970 bits per heavy atom. The van der Waals surface area contributed by atoms with Crippen LogP contribution in [-0.4, -0.2) is 25.0 Å². The van der Waals surface area contributed by atoms with Crippen LogP contribution in [-0.2, 0) is 4.79 Å². The van der Waals surface area contributed by atoms with E-state index in [1.165, 1.54) is 0 Å². The van der Waals surface area contributed by atoms with Gasteiger partial charge in [0.1, 0.15) is 5.75 Å². The fourth-order valence-corrected chi connectivity index (χ4v) is 3.50. The van der Waals surface area contributed by atoms with Crippen molar-refractivity contribution in [2.45, 2.75) is 25.8 Å². The van der Waals surface area contributed by atoms with E-state index in [1.54, 1.807) is 53.4 Å². The maximum absolute atomic E-state index is 13.4. The molecule has 0 aliphatic carbocycles. The first-order valence-corrected chi connectivity index (χ1v) is 10.9. The van der Waals surface area contributed by atoms with Crippen LogP contribution >= 0.6 is 0 Å². The maximum atomic E-state index is 13.4. The predicted octanol–water partition coefficient (Wildman–Crippen LogP) is 4.89. The molecule has 0 heterocycles. The van der Waals surface area contributed by atoms with Crippen LogP contribution in [0.1, 0.15) is 41.7 Å². The van der Waals surface area contributed by atoms with E-state index >= 15 is 0 Å². The third-order valence-corrected chi connectivity index (χ3v) is 5.13. The quantitative estimate of drug-likeness (QED) is 0.485. The van der Waals surface area contributed by atoms with E-state index in [0.717, 1.165) is 5.56 Å². The highest BCUT2D eigenvalue weighted by molar-refractivity contribution is 5.96. The third-order valence-electron chi connectivity index (χ3n) is 5.13. The Kier molecular flexibility index (Phi) is 8.61. The number of nitrogens with zero attached hydrogens (tertiary/aromatic N) is 2. The number of rotatable bonds is 10. The molecule has 0 aliphatic rings. The first-order valence-electron chi connectivity index (χ1n) is 10.9. The molecule has 0 aromatic heterocycles. The molecule has 2 amide bonds. The largest absolute Gasteiger partial charge is 0.494 e. The van der Waals surface area contributed by atoms with Gasteiger partial charge in [0.25, 0.3) is 5.91 Å². The number of carbonyl (C=O) groups excluding carboxylic acids is 2. The lowest BCUT2D eigenvalue weighted by Gasteiger charge is -2.26. The number of hydrogen-bond acceptors (Lipinski definition) is 4. The van der Waals surface area contributed by atoms with E-state index in [9.17, 15) is 9.59 Å². The van der Waals surface area contributed by atoms with Crippen molar-refractivity contribution in [2.75, 3.05) is 18.1 Å². The summed E-state index contributed by atoms with van der Waals surface area (Å²) in [6.07, 6.45) is 0.257. The topological polar surface area (TPSA) is 82.4 Å². The summed E-state index contributed by atoms with van der Waals surface area (Å²) in [6, 6.07) is 27.1. The average molecular weight is 442 g/mol. The van der Waals surface area contributed by atoms with Gasteiger partial charge in [-0.2, -0.15) is 5.26 Å². The highest BCUT2D eigenvalue weighted by Crippen LogP contribution is 2.24. The van der Waals surface area contributed by atoms with Gasteiger partial charge in [0.2, 0.25) is 5.91 Å². The molecule has 33 heavy (non-hydrogen) atoms. The van der Waals surface area contributed by atoms with Crippen LogP contribution in [0.5, 0.6) is 5.75 Å². The van der Waals surface area contributed by atoms with Crippen LogP contribution in [0.3, 0.4) is 0 Å². The molecule has 0 saturated heterocycles. The number of hydrogen-bond donors (Lipinski definition) is 1. The van der Waals surface area contributed by atoms with Crippen molar-refractivity contribution in [1.82, 2.24) is 5.32 Å². The van der Waals surface area contributed by atoms with Crippen LogP contribution in [0.25, 0.3) is 0 Å². The molecule has 0 bridgehead atoms. The smallest absolute Gasteiger partial charge is 0.251 e. The third kappa shape index (κ3) is 6.68. The Morgan fingerprint density at radius 3 is 2.21 bits per heavy atom. The SMILES string of the molecule is CCOc1ccc(N(CCC#N)C(=O)CC(NC(=O)c2ccccc2)c2ccccc2)cc1. The molecule has 168 valence electrons. The molecule has 3 aromatic carbocycles. The second-order valence-corrected chi connectivity index (χ2v) is 7.39. The average Bonchev–Trinajstić information content (AvgIpc) is 2.86. The molecule has 3 aromatic rings. The standard InChI is InChI=1S/C27H27N3O3/c1-2-33-24-16-14-23(15-17-24)30(19-9-18-28)26(31)20-25(21-10-5-3-6-11-21)29-27(32)22-12-7-4-8-13-22/h3-8,10-17,25H,2,9,19-20H2,1H3,(H,29,32). The lowest BCUT2D eigenvalue weighted by atomic mass is 10.0. The summed E-state index contributed by atoms with van der Waals surface area (Å²) in [5.74, 6) is 0.282. The van der Waals surface area contributed by atoms with Gasteiger partial charge < -0.3 is 15.0 Å². The van der Waals surface area contributed by atoms with Gasteiger partial charge in [0.05, 0.1) is 31.6 Å². The van der Waals surface area contributed by atoms with Gasteiger partial charge in [0.15, 0.2) is 0 Å². The molecule has 3 rings (SSSR count). The zero-order chi connectivity index (χ0) is 23.5. The normalized spacial score (nSPS) is 11.2. The van der Waals surface area contributed by atoms with Crippen molar-refractivity contribution >= 4 is 17.5 Å². The Bertz CT molecular complexity index is 1080. The molecule has 6 heteroatoms. The van der Waals surface area contributed by atoms with E-state index < -0.39 is 6.04 Å². The van der Waals surface area contributed by atoms with Gasteiger partial charge >= 0.3 is 0 Å². The predicted molar refractivity (Wildman–Crippen MR) is 128 cm³/mol. The van der Waals surface area contributed by atoms with Gasteiger partial charge in [-0.25, -0.2) is 0 Å². The van der Waals surface area contributed by atoms with Gasteiger partial charge in [-0.15, -0.1) is 0 Å². The number of anilines is 1. The second kappa shape index (κ2) is 12.1. The van der Waals surface area contributed by atoms with E-state index in [4.69, 9.17) is 10.00 Å². The fourth-order valence-electron chi connectivity index (χ4n) is 3.50. The van der Waals surface area contributed by atoms with Crippen LogP contribution < -0.4 is 15.0 Å². The van der Waals surface area contributed by atoms with E-state index in [2.05, 4.69) is 11.4 Å². The fraction of sp³-hybridized carbons (Fsp3) is 0.222. The Morgan fingerprint density at radius 2 is 1.61 bits per heavy atom. The second-order valence-electron chi connectivity index (χ2n) is 7.39. The van der Waals surface area contributed by atoms with E-state index in [0.29, 0.717) is 23.6 Å². The molecule has 1 unspecified atom stereocenters. The molecule has 0 spiro atoms. The van der Waals surface area contributed by atoms with Crippen molar-refractivity contribution in [1.29, 1.82) is 5.26 Å². The van der Waals surface area contributed by atoms with Crippen LogP contribution in [0.15, 0.2) is 84.9 Å². The highest BCUT2D eigenvalue weighted by atomic mass is 16.5. The Labute approximate surface area is 194 Å². The molecular weight excluding hydrogens is 414 g/mol. The molecule has 6 nitrogen and oxygen atoms in total. The number of ether oxygens (including phenoxy) is 1. The molecule has 0 saturated carbocycles. The highest BCUT2D eigenvalue weighted by Gasteiger charge is 2.23. The van der Waals surface area contributed by atoms with Gasteiger partial charge in [-0.3, -0.25) is 9.59 Å². The molecule has 0 radical (unpaired) electrons. The summed E-state index contributed by atoms with van der Waals surface area (Å²) in [5.41, 5.74) is 2.04. The molecule has 0 aliphatic heterocycles. The molecule has 1 N–H and O–H groups in total. The van der Waals surface area contributed by atoms with Crippen molar-refractivity contribution in [2.24, 2.45) is 0 Å². The number of nitrogens with one attached hydrogen (secondary N) is 1. The lowest BCUT2D eigenvalue weighted by molar-refractivity contribution is -0.119. The van der Waals surface area contributed by atoms with Crippen molar-refractivity contribution < 1.29 is 14.3 Å². The first kappa shape index (κ1) is 23.6. The zero-order valence-electron chi connectivity index (χ0n) is 18.6. The van der Waals surface area contributed by atoms with Crippen LogP contribution in [0.2, 0.25) is 0 Å². The summed E-state index contributed by atoms with van der Waals surface area (Å²) in [5, 5.41) is 12.1. The maximum Gasteiger partial charge on any atom is 0.251 e. The summed E-state index contributed by atoms with van der Waals surface area (Å²) >= 11 is 0. The van der Waals surface area contributed by atoms with Gasteiger partial charge in [-0.1, -0.05) is 48.5 Å². The summed E-state index contributed by atoms with van der Waals surface area (Å²) in [4.78, 5) is 27.8.